The number of piperidine rings is 1. The van der Waals surface area contributed by atoms with Gasteiger partial charge in [-0.3, -0.25) is 4.79 Å². The van der Waals surface area contributed by atoms with Crippen LogP contribution in [0.5, 0.6) is 11.5 Å². The van der Waals surface area contributed by atoms with E-state index in [2.05, 4.69) is 10.6 Å². The quantitative estimate of drug-likeness (QED) is 0.846. The fourth-order valence-electron chi connectivity index (χ4n) is 2.78. The molecule has 2 rings (SSSR count). The van der Waals surface area contributed by atoms with Gasteiger partial charge in [0.1, 0.15) is 0 Å². The molecule has 1 amide bonds. The highest BCUT2D eigenvalue weighted by molar-refractivity contribution is 5.82. The average Bonchev–Trinajstić information content (AvgIpc) is 2.55. The first-order valence-corrected chi connectivity index (χ1v) is 8.39. The maximum Gasteiger partial charge on any atom is 0.237 e. The summed E-state index contributed by atoms with van der Waals surface area (Å²) in [6.07, 6.45) is 3.25. The number of carbonyl (C=O) groups is 1. The minimum absolute atomic E-state index is 0.0682. The van der Waals surface area contributed by atoms with Crippen molar-refractivity contribution in [1.82, 2.24) is 10.6 Å². The van der Waals surface area contributed by atoms with Gasteiger partial charge in [0, 0.05) is 0 Å². The average molecular weight is 320 g/mol. The Hall–Kier alpha value is -1.75. The minimum atomic E-state index is -0.0757. The van der Waals surface area contributed by atoms with Crippen molar-refractivity contribution in [3.8, 4) is 11.5 Å². The van der Waals surface area contributed by atoms with Crippen molar-refractivity contribution in [3.05, 3.63) is 23.8 Å². The van der Waals surface area contributed by atoms with Crippen LogP contribution in [0.2, 0.25) is 0 Å². The smallest absolute Gasteiger partial charge is 0.237 e. The Kier molecular flexibility index (Phi) is 6.28. The van der Waals surface area contributed by atoms with Crippen molar-refractivity contribution in [2.45, 2.75) is 58.2 Å². The van der Waals surface area contributed by atoms with Gasteiger partial charge in [0.05, 0.1) is 25.3 Å². The zero-order valence-corrected chi connectivity index (χ0v) is 14.5. The van der Waals surface area contributed by atoms with E-state index in [1.54, 1.807) is 7.11 Å². The van der Waals surface area contributed by atoms with E-state index >= 15 is 0 Å². The van der Waals surface area contributed by atoms with Crippen molar-refractivity contribution < 1.29 is 14.3 Å². The zero-order chi connectivity index (χ0) is 16.8. The molecule has 23 heavy (non-hydrogen) atoms. The topological polar surface area (TPSA) is 59.6 Å². The number of nitrogens with one attached hydrogen (secondary N) is 2. The molecule has 0 bridgehead atoms. The second kappa shape index (κ2) is 8.20. The van der Waals surface area contributed by atoms with Crippen LogP contribution in [0.3, 0.4) is 0 Å². The molecule has 0 aliphatic carbocycles. The van der Waals surface area contributed by atoms with Crippen LogP contribution >= 0.6 is 0 Å². The van der Waals surface area contributed by atoms with E-state index in [4.69, 9.17) is 9.47 Å². The molecule has 2 N–H and O–H groups in total. The molecule has 2 atom stereocenters. The third-order valence-electron chi connectivity index (χ3n) is 4.04. The predicted molar refractivity (Wildman–Crippen MR) is 91.0 cm³/mol. The lowest BCUT2D eigenvalue weighted by Gasteiger charge is -2.25. The van der Waals surface area contributed by atoms with Crippen molar-refractivity contribution in [2.75, 3.05) is 13.7 Å². The highest BCUT2D eigenvalue weighted by atomic mass is 16.5. The molecule has 1 aliphatic heterocycles. The van der Waals surface area contributed by atoms with Crippen LogP contribution < -0.4 is 20.1 Å². The Balaban J connectivity index is 2.03. The number of methoxy groups -OCH3 is 1. The summed E-state index contributed by atoms with van der Waals surface area (Å²) in [6, 6.07) is 5.65. The number of amides is 1. The van der Waals surface area contributed by atoms with E-state index in [1.165, 1.54) is 0 Å². The summed E-state index contributed by atoms with van der Waals surface area (Å²) in [5.74, 6) is 1.48. The van der Waals surface area contributed by atoms with Gasteiger partial charge in [-0.1, -0.05) is 12.5 Å². The number of carbonyl (C=O) groups excluding carboxylic acids is 1. The fraction of sp³-hybridized carbons (Fsp3) is 0.611. The summed E-state index contributed by atoms with van der Waals surface area (Å²) in [4.78, 5) is 12.3. The van der Waals surface area contributed by atoms with E-state index in [0.29, 0.717) is 5.75 Å². The van der Waals surface area contributed by atoms with Gasteiger partial charge in [0.15, 0.2) is 11.5 Å². The van der Waals surface area contributed by atoms with Crippen molar-refractivity contribution >= 4 is 5.91 Å². The number of benzene rings is 1. The number of rotatable bonds is 6. The fourth-order valence-corrected chi connectivity index (χ4v) is 2.78. The van der Waals surface area contributed by atoms with Crippen molar-refractivity contribution in [1.29, 1.82) is 0 Å². The molecule has 1 aliphatic rings. The lowest BCUT2D eigenvalue weighted by atomic mass is 10.0. The van der Waals surface area contributed by atoms with Gasteiger partial charge in [-0.2, -0.15) is 0 Å². The maximum atomic E-state index is 12.3. The number of hydrogen-bond donors (Lipinski definition) is 2. The summed E-state index contributed by atoms with van der Waals surface area (Å²) in [5.41, 5.74) is 1.00. The van der Waals surface area contributed by atoms with E-state index in [1.807, 2.05) is 39.0 Å². The first-order valence-electron chi connectivity index (χ1n) is 8.39. The van der Waals surface area contributed by atoms with Gasteiger partial charge < -0.3 is 20.1 Å². The maximum absolute atomic E-state index is 12.3. The second-order valence-corrected chi connectivity index (χ2v) is 6.31. The molecular formula is C18H28N2O3. The molecule has 0 radical (unpaired) electrons. The molecule has 1 aromatic rings. The summed E-state index contributed by atoms with van der Waals surface area (Å²) in [7, 11) is 1.63. The van der Waals surface area contributed by atoms with E-state index < -0.39 is 0 Å². The van der Waals surface area contributed by atoms with E-state index in [-0.39, 0.29) is 24.1 Å². The Bertz CT molecular complexity index is 525. The highest BCUT2D eigenvalue weighted by Crippen LogP contribution is 2.31. The highest BCUT2D eigenvalue weighted by Gasteiger charge is 2.22. The molecule has 0 saturated carbocycles. The molecular weight excluding hydrogens is 292 g/mol. The van der Waals surface area contributed by atoms with Crippen LogP contribution in [0.1, 0.15) is 51.6 Å². The molecule has 1 saturated heterocycles. The summed E-state index contributed by atoms with van der Waals surface area (Å²) in [5, 5.41) is 6.35. The van der Waals surface area contributed by atoms with Crippen LogP contribution in [0.25, 0.3) is 0 Å². The van der Waals surface area contributed by atoms with E-state index in [9.17, 15) is 4.79 Å². The summed E-state index contributed by atoms with van der Waals surface area (Å²) in [6.45, 7) is 6.86. The molecule has 2 unspecified atom stereocenters. The number of hydrogen-bond acceptors (Lipinski definition) is 4. The van der Waals surface area contributed by atoms with Gasteiger partial charge in [0.2, 0.25) is 5.91 Å². The van der Waals surface area contributed by atoms with Gasteiger partial charge in [-0.15, -0.1) is 0 Å². The monoisotopic (exact) mass is 320 g/mol. The van der Waals surface area contributed by atoms with E-state index in [0.717, 1.165) is 37.1 Å². The standard InChI is InChI=1S/C18H28N2O3/c1-12(2)23-16-9-8-14(11-17(16)22-4)13(3)20-18(21)15-7-5-6-10-19-15/h8-9,11-13,15,19H,5-7,10H2,1-4H3,(H,20,21). The lowest BCUT2D eigenvalue weighted by molar-refractivity contribution is -0.124. The summed E-state index contributed by atoms with van der Waals surface area (Å²) >= 11 is 0. The molecule has 0 aromatic heterocycles. The first-order chi connectivity index (χ1) is 11.0. The van der Waals surface area contributed by atoms with Crippen molar-refractivity contribution in [2.24, 2.45) is 0 Å². The first kappa shape index (κ1) is 17.6. The SMILES string of the molecule is COc1cc(C(C)NC(=O)C2CCCCN2)ccc1OC(C)C. The molecule has 1 heterocycles. The minimum Gasteiger partial charge on any atom is -0.493 e. The van der Waals surface area contributed by atoms with Crippen LogP contribution in [-0.2, 0) is 4.79 Å². The normalized spacial score (nSPS) is 19.3. The number of ether oxygens (including phenoxy) is 2. The summed E-state index contributed by atoms with van der Waals surface area (Å²) < 4.78 is 11.1. The van der Waals surface area contributed by atoms with Crippen LogP contribution in [-0.4, -0.2) is 31.7 Å². The third kappa shape index (κ3) is 4.86. The van der Waals surface area contributed by atoms with Crippen LogP contribution in [0, 0.1) is 0 Å². The lowest BCUT2D eigenvalue weighted by Crippen LogP contribution is -2.47. The molecule has 5 nitrogen and oxygen atoms in total. The van der Waals surface area contributed by atoms with Gasteiger partial charge in [-0.05, 0) is 57.9 Å². The largest absolute Gasteiger partial charge is 0.493 e. The Morgan fingerprint density at radius 2 is 2.04 bits per heavy atom. The van der Waals surface area contributed by atoms with Crippen molar-refractivity contribution in [3.63, 3.8) is 0 Å². The zero-order valence-electron chi connectivity index (χ0n) is 14.5. The Morgan fingerprint density at radius 3 is 2.65 bits per heavy atom. The third-order valence-corrected chi connectivity index (χ3v) is 4.04. The Labute approximate surface area is 138 Å². The van der Waals surface area contributed by atoms with Gasteiger partial charge in [-0.25, -0.2) is 0 Å². The molecule has 0 spiro atoms. The molecule has 128 valence electrons. The molecule has 5 heteroatoms. The van der Waals surface area contributed by atoms with Gasteiger partial charge >= 0.3 is 0 Å². The van der Waals surface area contributed by atoms with Gasteiger partial charge in [0.25, 0.3) is 0 Å². The van der Waals surface area contributed by atoms with Crippen LogP contribution in [0.4, 0.5) is 0 Å². The molecule has 1 aromatic carbocycles. The predicted octanol–water partition coefficient (Wildman–Crippen LogP) is 2.80. The Morgan fingerprint density at radius 1 is 1.26 bits per heavy atom. The second-order valence-electron chi connectivity index (χ2n) is 6.31. The van der Waals surface area contributed by atoms with Crippen LogP contribution in [0.15, 0.2) is 18.2 Å². The molecule has 1 fully saturated rings.